The second-order valence-electron chi connectivity index (χ2n) is 5.03. The summed E-state index contributed by atoms with van der Waals surface area (Å²) in [5.74, 6) is 0. The minimum atomic E-state index is 0. The fourth-order valence-corrected chi connectivity index (χ4v) is 2.07. The highest BCUT2D eigenvalue weighted by Gasteiger charge is 2.05. The zero-order chi connectivity index (χ0) is 12.2. The topological polar surface area (TPSA) is 3.24 Å². The maximum absolute atomic E-state index is 3.89. The van der Waals surface area contributed by atoms with Crippen molar-refractivity contribution in [1.29, 1.82) is 0 Å². The average Bonchev–Trinajstić information content (AvgIpc) is 2.26. The molecule has 1 nitrogen and oxygen atoms in total. The lowest BCUT2D eigenvalue weighted by Gasteiger charge is -2.20. The Balaban J connectivity index is 0. The number of nitrogens with zero attached hydrogens (tertiary/aromatic N) is 1. The molecule has 0 spiro atoms. The second-order valence-corrected chi connectivity index (χ2v) is 5.03. The lowest BCUT2D eigenvalue weighted by molar-refractivity contribution is 0.319. The summed E-state index contributed by atoms with van der Waals surface area (Å²) in [6, 6.07) is 0.570. The van der Waals surface area contributed by atoms with E-state index in [-0.39, 0.29) is 12.4 Å². The second kappa shape index (κ2) is 14.1. The molecule has 0 saturated heterocycles. The SMILES string of the molecule is C=CC(CCCCCCCCCC)N(C)C.Cl. The molecule has 0 radical (unpaired) electrons. The molecule has 17 heavy (non-hydrogen) atoms. The standard InChI is InChI=1S/C15H31N.ClH/c1-5-7-8-9-10-11-12-13-14-15(6-2)16(3)4;/h6,15H,2,5,7-14H2,1,3-4H3;1H. The van der Waals surface area contributed by atoms with Crippen molar-refractivity contribution in [3.8, 4) is 0 Å². The Hall–Kier alpha value is -0.0100. The van der Waals surface area contributed by atoms with Gasteiger partial charge in [0.25, 0.3) is 0 Å². The van der Waals surface area contributed by atoms with E-state index in [0.717, 1.165) is 0 Å². The van der Waals surface area contributed by atoms with Crippen molar-refractivity contribution in [2.75, 3.05) is 14.1 Å². The van der Waals surface area contributed by atoms with Gasteiger partial charge in [0.15, 0.2) is 0 Å². The first-order valence-electron chi connectivity index (χ1n) is 7.01. The van der Waals surface area contributed by atoms with Gasteiger partial charge in [-0.3, -0.25) is 0 Å². The van der Waals surface area contributed by atoms with Crippen LogP contribution in [-0.4, -0.2) is 25.0 Å². The zero-order valence-corrected chi connectivity index (χ0v) is 12.9. The largest absolute Gasteiger partial charge is 0.303 e. The molecule has 2 heteroatoms. The first-order chi connectivity index (χ1) is 7.72. The highest BCUT2D eigenvalue weighted by Crippen LogP contribution is 2.12. The highest BCUT2D eigenvalue weighted by molar-refractivity contribution is 5.85. The molecule has 0 saturated carbocycles. The number of rotatable bonds is 11. The van der Waals surface area contributed by atoms with Gasteiger partial charge < -0.3 is 4.90 Å². The van der Waals surface area contributed by atoms with Crippen LogP contribution in [0.3, 0.4) is 0 Å². The molecule has 0 aromatic heterocycles. The monoisotopic (exact) mass is 261 g/mol. The van der Waals surface area contributed by atoms with Crippen LogP contribution >= 0.6 is 12.4 Å². The van der Waals surface area contributed by atoms with Gasteiger partial charge in [-0.25, -0.2) is 0 Å². The Bertz CT molecular complexity index is 157. The maximum atomic E-state index is 3.89. The van der Waals surface area contributed by atoms with Crippen LogP contribution in [0.1, 0.15) is 64.7 Å². The van der Waals surface area contributed by atoms with Crippen molar-refractivity contribution in [3.63, 3.8) is 0 Å². The Morgan fingerprint density at radius 3 is 1.82 bits per heavy atom. The first kappa shape index (κ1) is 19.3. The van der Waals surface area contributed by atoms with Crippen LogP contribution in [0.2, 0.25) is 0 Å². The summed E-state index contributed by atoms with van der Waals surface area (Å²) >= 11 is 0. The lowest BCUT2D eigenvalue weighted by atomic mass is 10.0. The normalized spacial score (nSPS) is 12.2. The summed E-state index contributed by atoms with van der Waals surface area (Å²) in [6.45, 7) is 6.16. The van der Waals surface area contributed by atoms with Gasteiger partial charge in [-0.1, -0.05) is 64.4 Å². The molecule has 0 rings (SSSR count). The van der Waals surface area contributed by atoms with E-state index in [1.165, 1.54) is 57.8 Å². The summed E-state index contributed by atoms with van der Waals surface area (Å²) in [7, 11) is 4.27. The van der Waals surface area contributed by atoms with Gasteiger partial charge in [-0.2, -0.15) is 0 Å². The van der Waals surface area contributed by atoms with E-state index in [1.807, 2.05) is 0 Å². The minimum Gasteiger partial charge on any atom is -0.303 e. The molecule has 104 valence electrons. The van der Waals surface area contributed by atoms with Gasteiger partial charge in [-0.15, -0.1) is 19.0 Å². The van der Waals surface area contributed by atoms with Gasteiger partial charge in [0.1, 0.15) is 0 Å². The zero-order valence-electron chi connectivity index (χ0n) is 12.1. The predicted molar refractivity (Wildman–Crippen MR) is 82.1 cm³/mol. The van der Waals surface area contributed by atoms with Crippen molar-refractivity contribution in [2.24, 2.45) is 0 Å². The van der Waals surface area contributed by atoms with Crippen LogP contribution in [0.15, 0.2) is 12.7 Å². The van der Waals surface area contributed by atoms with Crippen molar-refractivity contribution in [1.82, 2.24) is 4.90 Å². The Labute approximate surface area is 115 Å². The third kappa shape index (κ3) is 12.2. The van der Waals surface area contributed by atoms with E-state index < -0.39 is 0 Å². The van der Waals surface area contributed by atoms with Crippen molar-refractivity contribution in [3.05, 3.63) is 12.7 Å². The van der Waals surface area contributed by atoms with Crippen molar-refractivity contribution in [2.45, 2.75) is 70.8 Å². The lowest BCUT2D eigenvalue weighted by Crippen LogP contribution is -2.25. The molecule has 0 aromatic carbocycles. The van der Waals surface area contributed by atoms with Gasteiger partial charge in [0, 0.05) is 6.04 Å². The van der Waals surface area contributed by atoms with Crippen molar-refractivity contribution < 1.29 is 0 Å². The molecule has 0 aromatic rings. The molecule has 0 bridgehead atoms. The maximum Gasteiger partial charge on any atom is 0.0269 e. The number of unbranched alkanes of at least 4 members (excludes halogenated alkanes) is 7. The summed E-state index contributed by atoms with van der Waals surface area (Å²) in [5, 5.41) is 0. The Kier molecular flexibility index (Phi) is 16.0. The van der Waals surface area contributed by atoms with Crippen LogP contribution in [0.4, 0.5) is 0 Å². The van der Waals surface area contributed by atoms with E-state index in [2.05, 4.69) is 38.6 Å². The third-order valence-electron chi connectivity index (χ3n) is 3.29. The van der Waals surface area contributed by atoms with Crippen LogP contribution in [0.25, 0.3) is 0 Å². The molecule has 0 fully saturated rings. The molecular weight excluding hydrogens is 230 g/mol. The molecule has 1 unspecified atom stereocenters. The quantitative estimate of drug-likeness (QED) is 0.371. The van der Waals surface area contributed by atoms with Gasteiger partial charge in [0.2, 0.25) is 0 Å². The fraction of sp³-hybridized carbons (Fsp3) is 0.867. The van der Waals surface area contributed by atoms with E-state index in [4.69, 9.17) is 0 Å². The van der Waals surface area contributed by atoms with Crippen LogP contribution in [0, 0.1) is 0 Å². The molecule has 0 aliphatic carbocycles. The van der Waals surface area contributed by atoms with Gasteiger partial charge >= 0.3 is 0 Å². The van der Waals surface area contributed by atoms with E-state index in [9.17, 15) is 0 Å². The molecule has 0 amide bonds. The number of halogens is 1. The molecule has 0 heterocycles. The van der Waals surface area contributed by atoms with E-state index in [1.54, 1.807) is 0 Å². The first-order valence-corrected chi connectivity index (χ1v) is 7.01. The highest BCUT2D eigenvalue weighted by atomic mass is 35.5. The number of hydrogen-bond acceptors (Lipinski definition) is 1. The van der Waals surface area contributed by atoms with Gasteiger partial charge in [-0.05, 0) is 20.5 Å². The fourth-order valence-electron chi connectivity index (χ4n) is 2.07. The summed E-state index contributed by atoms with van der Waals surface area (Å²) in [6.07, 6.45) is 14.6. The van der Waals surface area contributed by atoms with Crippen LogP contribution < -0.4 is 0 Å². The summed E-state index contributed by atoms with van der Waals surface area (Å²) < 4.78 is 0. The summed E-state index contributed by atoms with van der Waals surface area (Å²) in [5.41, 5.74) is 0. The smallest absolute Gasteiger partial charge is 0.0269 e. The number of hydrogen-bond donors (Lipinski definition) is 0. The summed E-state index contributed by atoms with van der Waals surface area (Å²) in [4.78, 5) is 2.26. The molecular formula is C15H32ClN. The van der Waals surface area contributed by atoms with Crippen LogP contribution in [0.5, 0.6) is 0 Å². The number of likely N-dealkylation sites (N-methyl/N-ethyl adjacent to an activating group) is 1. The molecule has 0 aliphatic heterocycles. The average molecular weight is 262 g/mol. The van der Waals surface area contributed by atoms with Crippen molar-refractivity contribution >= 4 is 12.4 Å². The predicted octanol–water partition coefficient (Wildman–Crippen LogP) is 5.06. The van der Waals surface area contributed by atoms with E-state index >= 15 is 0 Å². The third-order valence-corrected chi connectivity index (χ3v) is 3.29. The minimum absolute atomic E-state index is 0. The Morgan fingerprint density at radius 2 is 1.41 bits per heavy atom. The molecule has 1 atom stereocenters. The van der Waals surface area contributed by atoms with Crippen LogP contribution in [-0.2, 0) is 0 Å². The van der Waals surface area contributed by atoms with Gasteiger partial charge in [0.05, 0.1) is 0 Å². The Morgan fingerprint density at radius 1 is 0.941 bits per heavy atom. The molecule has 0 N–H and O–H groups in total. The van der Waals surface area contributed by atoms with E-state index in [0.29, 0.717) is 6.04 Å². The molecule has 0 aliphatic rings.